The molecule has 2 heterocycles. The number of hydrogen-bond acceptors (Lipinski definition) is 11. The van der Waals surface area contributed by atoms with Crippen molar-refractivity contribution in [2.24, 2.45) is 0 Å². The van der Waals surface area contributed by atoms with E-state index >= 15 is 0 Å². The van der Waals surface area contributed by atoms with E-state index in [0.29, 0.717) is 10.0 Å². The average Bonchev–Trinajstić information content (AvgIpc) is 3.57. The van der Waals surface area contributed by atoms with E-state index in [1.807, 2.05) is 17.0 Å². The van der Waals surface area contributed by atoms with Gasteiger partial charge in [-0.05, 0) is 43.3 Å². The average molecular weight is 603 g/mol. The highest BCUT2D eigenvalue weighted by Gasteiger charge is 2.20. The van der Waals surface area contributed by atoms with Crippen LogP contribution < -0.4 is 14.8 Å². The highest BCUT2D eigenvalue weighted by atomic mass is 32.2. The van der Waals surface area contributed by atoms with Crippen LogP contribution in [0.1, 0.15) is 21.1 Å². The lowest BCUT2D eigenvalue weighted by Crippen LogP contribution is -2.30. The summed E-state index contributed by atoms with van der Waals surface area (Å²) in [6.07, 6.45) is -0.543. The van der Waals surface area contributed by atoms with Gasteiger partial charge in [0.2, 0.25) is 0 Å². The molecule has 3 N–H and O–H groups in total. The lowest BCUT2D eigenvalue weighted by atomic mass is 10.1. The van der Waals surface area contributed by atoms with Crippen molar-refractivity contribution >= 4 is 50.7 Å². The zero-order valence-corrected chi connectivity index (χ0v) is 23.5. The minimum atomic E-state index is -4.17. The Bertz CT molecular complexity index is 1650. The highest BCUT2D eigenvalue weighted by Crippen LogP contribution is 2.34. The van der Waals surface area contributed by atoms with Gasteiger partial charge in [0.1, 0.15) is 15.8 Å². The van der Waals surface area contributed by atoms with E-state index in [4.69, 9.17) is 9.84 Å². The number of sulfonamides is 1. The van der Waals surface area contributed by atoms with Gasteiger partial charge in [-0.3, -0.25) is 4.79 Å². The summed E-state index contributed by atoms with van der Waals surface area (Å²) >= 11 is 2.81. The Hall–Kier alpha value is -4.34. The number of benzene rings is 2. The van der Waals surface area contributed by atoms with E-state index < -0.39 is 34.6 Å². The molecule has 0 atom stereocenters. The summed E-state index contributed by atoms with van der Waals surface area (Å²) < 4.78 is 36.8. The highest BCUT2D eigenvalue weighted by molar-refractivity contribution is 7.90. The number of nitrogens with zero attached hydrogens (tertiary/aromatic N) is 2. The van der Waals surface area contributed by atoms with Gasteiger partial charge in [0.05, 0.1) is 34.8 Å². The summed E-state index contributed by atoms with van der Waals surface area (Å²) in [6, 6.07) is 11.4. The molecular weight excluding hydrogens is 580 g/mol. The third-order valence-electron chi connectivity index (χ3n) is 5.26. The van der Waals surface area contributed by atoms with Crippen LogP contribution in [0.15, 0.2) is 58.8 Å². The van der Waals surface area contributed by atoms with Crippen LogP contribution in [0, 0.1) is 6.92 Å². The Kier molecular flexibility index (Phi) is 8.77. The molecular formula is C25H22N4O8S3. The number of methoxy groups -OCH3 is 1. The largest absolute Gasteiger partial charge is 0.482 e. The molecule has 0 bridgehead atoms. The number of aliphatic carboxylic acids is 1. The maximum atomic E-state index is 12.6. The number of alkyl carbamates (subject to hydrolysis) is 1. The molecule has 2 aromatic carbocycles. The normalized spacial score (nSPS) is 11.1. The Morgan fingerprint density at radius 1 is 1.02 bits per heavy atom. The SMILES string of the molecule is COC(=O)NCc1nc(C)c(-c2csc(-c3ccc(C(=O)NS(=O)(=O)c4ccc(OCC(=O)O)cc4)cc3)n2)s1. The summed E-state index contributed by atoms with van der Waals surface area (Å²) in [4.78, 5) is 44.4. The molecule has 15 heteroatoms. The van der Waals surface area contributed by atoms with E-state index in [-0.39, 0.29) is 22.8 Å². The van der Waals surface area contributed by atoms with E-state index in [0.717, 1.165) is 21.8 Å². The van der Waals surface area contributed by atoms with Crippen LogP contribution in [-0.2, 0) is 26.1 Å². The molecule has 0 saturated heterocycles. The fraction of sp³-hybridized carbons (Fsp3) is 0.160. The van der Waals surface area contributed by atoms with Crippen LogP contribution in [0.25, 0.3) is 21.1 Å². The molecule has 208 valence electrons. The van der Waals surface area contributed by atoms with Gasteiger partial charge in [-0.2, -0.15) is 0 Å². The van der Waals surface area contributed by atoms with Gasteiger partial charge in [-0.15, -0.1) is 22.7 Å². The van der Waals surface area contributed by atoms with Crippen LogP contribution in [0.4, 0.5) is 4.79 Å². The second kappa shape index (κ2) is 12.2. The molecule has 0 aliphatic heterocycles. The van der Waals surface area contributed by atoms with E-state index in [2.05, 4.69) is 20.0 Å². The van der Waals surface area contributed by atoms with Crippen LogP contribution in [-0.4, -0.2) is 55.2 Å². The van der Waals surface area contributed by atoms with Crippen molar-refractivity contribution in [1.29, 1.82) is 0 Å². The van der Waals surface area contributed by atoms with Crippen LogP contribution in [0.2, 0.25) is 0 Å². The number of aryl methyl sites for hydroxylation is 1. The van der Waals surface area contributed by atoms with Crippen molar-refractivity contribution in [3.63, 3.8) is 0 Å². The number of amides is 2. The second-order valence-corrected chi connectivity index (χ2v) is 11.7. The number of hydrogen-bond donors (Lipinski definition) is 3. The second-order valence-electron chi connectivity index (χ2n) is 8.07. The predicted octanol–water partition coefficient (Wildman–Crippen LogP) is 3.68. The summed E-state index contributed by atoms with van der Waals surface area (Å²) in [6.45, 7) is 1.53. The van der Waals surface area contributed by atoms with Crippen molar-refractivity contribution in [2.45, 2.75) is 18.4 Å². The Morgan fingerprint density at radius 2 is 1.73 bits per heavy atom. The van der Waals surface area contributed by atoms with Gasteiger partial charge >= 0.3 is 12.1 Å². The molecule has 0 aliphatic rings. The van der Waals surface area contributed by atoms with Crippen molar-refractivity contribution in [3.8, 4) is 26.9 Å². The molecule has 12 nitrogen and oxygen atoms in total. The molecule has 4 aromatic rings. The summed E-state index contributed by atoms with van der Waals surface area (Å²) in [5, 5.41) is 14.5. The number of carboxylic acid groups (broad SMARTS) is 1. The topological polar surface area (TPSA) is 174 Å². The van der Waals surface area contributed by atoms with Gasteiger partial charge in [-0.1, -0.05) is 12.1 Å². The van der Waals surface area contributed by atoms with Crippen molar-refractivity contribution in [2.75, 3.05) is 13.7 Å². The van der Waals surface area contributed by atoms with Crippen LogP contribution in [0.5, 0.6) is 5.75 Å². The first-order valence-electron chi connectivity index (χ1n) is 11.4. The Morgan fingerprint density at radius 3 is 2.38 bits per heavy atom. The van der Waals surface area contributed by atoms with Crippen molar-refractivity contribution in [1.82, 2.24) is 20.0 Å². The molecule has 4 rings (SSSR count). The maximum Gasteiger partial charge on any atom is 0.407 e. The molecule has 0 aliphatic carbocycles. The first kappa shape index (κ1) is 28.7. The molecule has 0 spiro atoms. The third kappa shape index (κ3) is 6.99. The lowest BCUT2D eigenvalue weighted by molar-refractivity contribution is -0.139. The van der Waals surface area contributed by atoms with E-state index in [1.165, 1.54) is 66.2 Å². The zero-order valence-electron chi connectivity index (χ0n) is 21.0. The zero-order chi connectivity index (χ0) is 28.9. The van der Waals surface area contributed by atoms with Crippen LogP contribution >= 0.6 is 22.7 Å². The molecule has 0 unspecified atom stereocenters. The molecule has 40 heavy (non-hydrogen) atoms. The third-order valence-corrected chi connectivity index (χ3v) is 8.68. The number of aromatic nitrogens is 2. The predicted molar refractivity (Wildman–Crippen MR) is 147 cm³/mol. The van der Waals surface area contributed by atoms with E-state index in [1.54, 1.807) is 12.1 Å². The van der Waals surface area contributed by atoms with Crippen LogP contribution in [0.3, 0.4) is 0 Å². The number of carbonyl (C=O) groups excluding carboxylic acids is 2. The van der Waals surface area contributed by atoms with Crippen molar-refractivity contribution < 1.29 is 37.4 Å². The first-order chi connectivity index (χ1) is 19.1. The lowest BCUT2D eigenvalue weighted by Gasteiger charge is -2.08. The van der Waals surface area contributed by atoms with Gasteiger partial charge < -0.3 is 19.9 Å². The number of carboxylic acids is 1. The summed E-state index contributed by atoms with van der Waals surface area (Å²) in [5.74, 6) is -1.80. The van der Waals surface area contributed by atoms with Gasteiger partial charge in [0.15, 0.2) is 6.61 Å². The minimum Gasteiger partial charge on any atom is -0.482 e. The smallest absolute Gasteiger partial charge is 0.407 e. The summed E-state index contributed by atoms with van der Waals surface area (Å²) in [7, 11) is -2.89. The van der Waals surface area contributed by atoms with Crippen molar-refractivity contribution in [3.05, 3.63) is 70.2 Å². The fourth-order valence-corrected chi connectivity index (χ4v) is 6.19. The van der Waals surface area contributed by atoms with Gasteiger partial charge in [0.25, 0.3) is 15.9 Å². The van der Waals surface area contributed by atoms with Gasteiger partial charge in [-0.25, -0.2) is 32.7 Å². The summed E-state index contributed by atoms with van der Waals surface area (Å²) in [5.41, 5.74) is 2.37. The molecule has 0 fully saturated rings. The monoisotopic (exact) mass is 602 g/mol. The minimum absolute atomic E-state index is 0.131. The van der Waals surface area contributed by atoms with E-state index in [9.17, 15) is 22.8 Å². The standard InChI is InChI=1S/C25H22N4O8S3/c1-14-22(39-20(27-14)11-26-25(33)36-2)19-13-38-24(28-19)16-5-3-15(4-6-16)23(32)29-40(34,35)18-9-7-17(8-10-18)37-12-21(30)31/h3-10,13H,11-12H2,1-2H3,(H,26,33)(H,29,32)(H,30,31). The number of nitrogens with one attached hydrogen (secondary N) is 2. The first-order valence-corrected chi connectivity index (χ1v) is 14.6. The number of rotatable bonds is 10. The van der Waals surface area contributed by atoms with Gasteiger partial charge in [0, 0.05) is 16.5 Å². The molecule has 0 saturated carbocycles. The number of thiazole rings is 2. The fourth-order valence-electron chi connectivity index (χ4n) is 3.36. The molecule has 2 amide bonds. The molecule has 2 aromatic heterocycles. The number of carbonyl (C=O) groups is 3. The Balaban J connectivity index is 1.41. The number of ether oxygens (including phenoxy) is 2. The molecule has 0 radical (unpaired) electrons. The maximum absolute atomic E-state index is 12.6. The quantitative estimate of drug-likeness (QED) is 0.243. The Labute approximate surface area is 236 Å².